The maximum Gasteiger partial charge on any atom is 0.416 e. The van der Waals surface area contributed by atoms with Crippen molar-refractivity contribution in [3.8, 4) is 0 Å². The molecule has 3 N–H and O–H groups in total. The van der Waals surface area contributed by atoms with E-state index in [2.05, 4.69) is 10.3 Å². The van der Waals surface area contributed by atoms with E-state index in [0.717, 1.165) is 10.9 Å². The first-order valence-electron chi connectivity index (χ1n) is 12.2. The van der Waals surface area contributed by atoms with Gasteiger partial charge in [0.15, 0.2) is 5.78 Å². The molecule has 1 atom stereocenters. The van der Waals surface area contributed by atoms with Crippen molar-refractivity contribution in [2.24, 2.45) is 0 Å². The Bertz CT molecular complexity index is 1570. The zero-order chi connectivity index (χ0) is 29.9. The highest BCUT2D eigenvalue weighted by atomic mass is 19.4. The largest absolute Gasteiger partial charge is 0.478 e. The fourth-order valence-corrected chi connectivity index (χ4v) is 4.47. The number of H-pyrrole nitrogens is 1. The van der Waals surface area contributed by atoms with E-state index >= 15 is 0 Å². The average molecular weight is 576 g/mol. The molecule has 0 saturated carbocycles. The van der Waals surface area contributed by atoms with Gasteiger partial charge in [0, 0.05) is 29.9 Å². The number of aromatic nitrogens is 1. The summed E-state index contributed by atoms with van der Waals surface area (Å²) in [5.41, 5.74) is -2.53. The first kappa shape index (κ1) is 29.4. The molecule has 0 aliphatic heterocycles. The zero-order valence-electron chi connectivity index (χ0n) is 21.1. The van der Waals surface area contributed by atoms with Crippen LogP contribution in [0.1, 0.15) is 49.4 Å². The van der Waals surface area contributed by atoms with Crippen LogP contribution in [0, 0.1) is 0 Å². The summed E-state index contributed by atoms with van der Waals surface area (Å²) >= 11 is 0. The van der Waals surface area contributed by atoms with Crippen LogP contribution in [-0.4, -0.2) is 33.8 Å². The number of fused-ring (bicyclic) bond motifs is 1. The molecule has 1 amide bonds. The number of hydrogen-bond acceptors (Lipinski definition) is 3. The van der Waals surface area contributed by atoms with Crippen LogP contribution >= 0.6 is 0 Å². The van der Waals surface area contributed by atoms with Crippen molar-refractivity contribution >= 4 is 28.6 Å². The van der Waals surface area contributed by atoms with E-state index in [-0.39, 0.29) is 29.2 Å². The summed E-state index contributed by atoms with van der Waals surface area (Å²) in [5, 5.41) is 12.7. The number of aromatic carboxylic acids is 1. The van der Waals surface area contributed by atoms with Crippen molar-refractivity contribution in [1.29, 1.82) is 0 Å². The Kier molecular flexibility index (Phi) is 8.22. The predicted octanol–water partition coefficient (Wildman–Crippen LogP) is 6.45. The topological polar surface area (TPSA) is 99.3 Å². The molecule has 1 heterocycles. The summed E-state index contributed by atoms with van der Waals surface area (Å²) in [6.45, 7) is 0. The molecule has 0 fully saturated rings. The van der Waals surface area contributed by atoms with Crippen LogP contribution in [0.4, 0.5) is 26.3 Å². The van der Waals surface area contributed by atoms with Gasteiger partial charge in [-0.3, -0.25) is 9.59 Å². The van der Waals surface area contributed by atoms with Crippen LogP contribution in [0.5, 0.6) is 0 Å². The van der Waals surface area contributed by atoms with Gasteiger partial charge in [0.05, 0.1) is 28.3 Å². The van der Waals surface area contributed by atoms with Crippen LogP contribution in [0.3, 0.4) is 0 Å². The van der Waals surface area contributed by atoms with Crippen molar-refractivity contribution in [2.75, 3.05) is 0 Å². The molecule has 0 bridgehead atoms. The molecule has 4 rings (SSSR count). The number of Topliss-reactive ketones (excluding diaryl/α,β-unsaturated/α-hetero) is 1. The Hall–Kier alpha value is -4.61. The third-order valence-corrected chi connectivity index (χ3v) is 6.50. The fourth-order valence-electron chi connectivity index (χ4n) is 4.47. The van der Waals surface area contributed by atoms with Gasteiger partial charge >= 0.3 is 18.3 Å². The number of aromatic amines is 1. The number of rotatable bonds is 9. The fraction of sp³-hybridized carbons (Fsp3) is 0.207. The standard InChI is InChI=1S/C29H22F6N2O4/c30-28(31,32)18-11-16(12-19(14-18)29(33,34)35)9-10-25(38)24(13-17-15-36-23-8-4-3-5-20(17)23)37-26(39)21-6-1-2-7-22(21)27(40)41/h1-8,11-12,14-15,24,36H,9-10,13H2,(H,37,39)(H,40,41). The lowest BCUT2D eigenvalue weighted by atomic mass is 9.95. The molecular weight excluding hydrogens is 554 g/mol. The van der Waals surface area contributed by atoms with Gasteiger partial charge in [0.2, 0.25) is 0 Å². The number of nitrogens with one attached hydrogen (secondary N) is 2. The van der Waals surface area contributed by atoms with Gasteiger partial charge < -0.3 is 15.4 Å². The highest BCUT2D eigenvalue weighted by molar-refractivity contribution is 6.06. The summed E-state index contributed by atoms with van der Waals surface area (Å²) in [6.07, 6.45) is -9.48. The van der Waals surface area contributed by atoms with Gasteiger partial charge in [-0.15, -0.1) is 0 Å². The smallest absolute Gasteiger partial charge is 0.416 e. The summed E-state index contributed by atoms with van der Waals surface area (Å²) < 4.78 is 79.6. The average Bonchev–Trinajstić information content (AvgIpc) is 3.33. The minimum absolute atomic E-state index is 0.00522. The molecule has 1 aromatic heterocycles. The maximum absolute atomic E-state index is 13.3. The van der Waals surface area contributed by atoms with E-state index in [1.807, 2.05) is 0 Å². The molecular formula is C29H22F6N2O4. The van der Waals surface area contributed by atoms with E-state index in [1.165, 1.54) is 24.3 Å². The molecule has 214 valence electrons. The Balaban J connectivity index is 1.63. The second kappa shape index (κ2) is 11.5. The number of benzene rings is 3. The number of hydrogen-bond donors (Lipinski definition) is 3. The van der Waals surface area contributed by atoms with Gasteiger partial charge in [0.25, 0.3) is 5.91 Å². The first-order chi connectivity index (χ1) is 19.2. The molecule has 0 saturated heterocycles. The number of para-hydroxylation sites is 1. The minimum atomic E-state index is -5.04. The van der Waals surface area contributed by atoms with Crippen molar-refractivity contribution < 1.29 is 45.8 Å². The molecule has 0 spiro atoms. The van der Waals surface area contributed by atoms with Crippen molar-refractivity contribution in [2.45, 2.75) is 37.7 Å². The van der Waals surface area contributed by atoms with E-state index in [9.17, 15) is 45.8 Å². The van der Waals surface area contributed by atoms with Crippen LogP contribution in [-0.2, 0) is 30.0 Å². The number of carboxylic acids is 1. The molecule has 41 heavy (non-hydrogen) atoms. The van der Waals surface area contributed by atoms with E-state index in [0.29, 0.717) is 17.7 Å². The van der Waals surface area contributed by atoms with Gasteiger partial charge in [0.1, 0.15) is 0 Å². The quantitative estimate of drug-likeness (QED) is 0.200. The summed E-state index contributed by atoms with van der Waals surface area (Å²) in [7, 11) is 0. The molecule has 3 aromatic carbocycles. The molecule has 0 aliphatic carbocycles. The Morgan fingerprint density at radius 2 is 1.41 bits per heavy atom. The summed E-state index contributed by atoms with van der Waals surface area (Å²) in [5.74, 6) is -2.91. The van der Waals surface area contributed by atoms with Crippen LogP contribution in [0.2, 0.25) is 0 Å². The number of ketones is 1. The third-order valence-electron chi connectivity index (χ3n) is 6.50. The van der Waals surface area contributed by atoms with Gasteiger partial charge in [-0.05, 0) is 53.9 Å². The summed E-state index contributed by atoms with van der Waals surface area (Å²) in [4.78, 5) is 41.0. The molecule has 0 aliphatic rings. The number of carbonyl (C=O) groups excluding carboxylic acids is 2. The van der Waals surface area contributed by atoms with Gasteiger partial charge in [-0.25, -0.2) is 4.79 Å². The molecule has 1 unspecified atom stereocenters. The first-order valence-corrected chi connectivity index (χ1v) is 12.2. The second-order valence-electron chi connectivity index (χ2n) is 9.32. The van der Waals surface area contributed by atoms with E-state index in [4.69, 9.17) is 0 Å². The molecule has 12 heteroatoms. The predicted molar refractivity (Wildman–Crippen MR) is 136 cm³/mol. The zero-order valence-corrected chi connectivity index (χ0v) is 21.1. The third kappa shape index (κ3) is 6.94. The number of carboxylic acid groups (broad SMARTS) is 1. The van der Waals surface area contributed by atoms with Crippen molar-refractivity contribution in [1.82, 2.24) is 10.3 Å². The van der Waals surface area contributed by atoms with Crippen LogP contribution < -0.4 is 5.32 Å². The Labute approximate surface area is 229 Å². The second-order valence-corrected chi connectivity index (χ2v) is 9.32. The summed E-state index contributed by atoms with van der Waals surface area (Å²) in [6, 6.07) is 12.2. The minimum Gasteiger partial charge on any atom is -0.478 e. The molecule has 4 aromatic rings. The highest BCUT2D eigenvalue weighted by Crippen LogP contribution is 2.36. The highest BCUT2D eigenvalue weighted by Gasteiger charge is 2.37. The van der Waals surface area contributed by atoms with Crippen LogP contribution in [0.25, 0.3) is 10.9 Å². The monoisotopic (exact) mass is 576 g/mol. The number of alkyl halides is 6. The van der Waals surface area contributed by atoms with Crippen LogP contribution in [0.15, 0.2) is 72.9 Å². The number of halogens is 6. The van der Waals surface area contributed by atoms with Gasteiger partial charge in [-0.1, -0.05) is 30.3 Å². The molecule has 0 radical (unpaired) electrons. The normalized spacial score (nSPS) is 12.7. The number of amides is 1. The van der Waals surface area contributed by atoms with Crippen molar-refractivity contribution in [3.63, 3.8) is 0 Å². The Morgan fingerprint density at radius 1 is 0.829 bits per heavy atom. The van der Waals surface area contributed by atoms with Gasteiger partial charge in [-0.2, -0.15) is 26.3 Å². The lowest BCUT2D eigenvalue weighted by Gasteiger charge is -2.19. The SMILES string of the molecule is O=C(O)c1ccccc1C(=O)NC(Cc1c[nH]c2ccccc12)C(=O)CCc1cc(C(F)(F)F)cc(C(F)(F)F)c1. The lowest BCUT2D eigenvalue weighted by Crippen LogP contribution is -2.43. The lowest BCUT2D eigenvalue weighted by molar-refractivity contribution is -0.143. The number of aryl methyl sites for hydroxylation is 1. The van der Waals surface area contributed by atoms with E-state index in [1.54, 1.807) is 30.5 Å². The molecule has 6 nitrogen and oxygen atoms in total. The number of carbonyl (C=O) groups is 3. The Morgan fingerprint density at radius 3 is 2.02 bits per heavy atom. The maximum atomic E-state index is 13.3. The van der Waals surface area contributed by atoms with E-state index < -0.39 is 60.0 Å². The van der Waals surface area contributed by atoms with Crippen molar-refractivity contribution in [3.05, 3.63) is 106 Å².